The highest BCUT2D eigenvalue weighted by atomic mass is 35.5. The van der Waals surface area contributed by atoms with Crippen molar-refractivity contribution < 1.29 is 27.5 Å². The predicted molar refractivity (Wildman–Crippen MR) is 184 cm³/mol. The fourth-order valence-corrected chi connectivity index (χ4v) is 6.66. The Balaban J connectivity index is 1.82. The number of carbonyl (C=O) groups excluding carboxylic acids is 2. The normalized spacial score (nSPS) is 12.4. The van der Waals surface area contributed by atoms with E-state index >= 15 is 0 Å². The Morgan fingerprint density at radius 3 is 2.09 bits per heavy atom. The molecule has 0 bridgehead atoms. The molecule has 248 valence electrons. The number of ether oxygens (including phenoxy) is 2. The van der Waals surface area contributed by atoms with E-state index in [1.807, 2.05) is 44.2 Å². The lowest BCUT2D eigenvalue weighted by atomic mass is 10.0. The van der Waals surface area contributed by atoms with Gasteiger partial charge in [-0.3, -0.25) is 13.9 Å². The lowest BCUT2D eigenvalue weighted by Crippen LogP contribution is -2.54. The van der Waals surface area contributed by atoms with E-state index in [1.54, 1.807) is 54.6 Å². The van der Waals surface area contributed by atoms with Crippen molar-refractivity contribution in [2.75, 3.05) is 25.1 Å². The van der Waals surface area contributed by atoms with Crippen LogP contribution in [0.4, 0.5) is 5.69 Å². The van der Waals surface area contributed by atoms with E-state index < -0.39 is 28.5 Å². The molecule has 0 saturated heterocycles. The number of hydrogen-bond donors (Lipinski definition) is 1. The molecule has 0 aromatic heterocycles. The van der Waals surface area contributed by atoms with Crippen LogP contribution < -0.4 is 19.1 Å². The van der Waals surface area contributed by atoms with Crippen LogP contribution in [0.1, 0.15) is 31.4 Å². The molecule has 0 unspecified atom stereocenters. The minimum Gasteiger partial charge on any atom is -0.493 e. The zero-order valence-electron chi connectivity index (χ0n) is 26.9. The van der Waals surface area contributed by atoms with E-state index in [0.717, 1.165) is 9.87 Å². The average Bonchev–Trinajstić information content (AvgIpc) is 3.09. The number of rotatable bonds is 15. The molecule has 4 aromatic carbocycles. The number of nitrogens with one attached hydrogen (secondary N) is 1. The number of hydrogen-bond acceptors (Lipinski definition) is 6. The molecule has 4 aromatic rings. The Morgan fingerprint density at radius 2 is 1.47 bits per heavy atom. The van der Waals surface area contributed by atoms with Crippen LogP contribution in [0, 0.1) is 0 Å². The van der Waals surface area contributed by atoms with Gasteiger partial charge in [0.1, 0.15) is 12.6 Å². The molecular weight excluding hydrogens is 638 g/mol. The van der Waals surface area contributed by atoms with Gasteiger partial charge in [-0.15, -0.1) is 0 Å². The van der Waals surface area contributed by atoms with Crippen molar-refractivity contribution >= 4 is 39.1 Å². The molecule has 0 spiro atoms. The summed E-state index contributed by atoms with van der Waals surface area (Å²) in [5.74, 6) is -0.357. The number of nitrogens with zero attached hydrogens (tertiary/aromatic N) is 2. The first-order chi connectivity index (χ1) is 22.6. The number of amides is 2. The van der Waals surface area contributed by atoms with Crippen LogP contribution in [0.5, 0.6) is 11.5 Å². The van der Waals surface area contributed by atoms with Crippen molar-refractivity contribution in [3.8, 4) is 11.5 Å². The number of sulfonamides is 1. The third-order valence-corrected chi connectivity index (χ3v) is 9.98. The van der Waals surface area contributed by atoms with Gasteiger partial charge in [-0.2, -0.15) is 0 Å². The van der Waals surface area contributed by atoms with Gasteiger partial charge < -0.3 is 19.7 Å². The molecule has 0 aliphatic heterocycles. The Bertz CT molecular complexity index is 1760. The summed E-state index contributed by atoms with van der Waals surface area (Å²) >= 11 is 6.56. The SMILES string of the molecule is CC[C@@H](C)NC(=O)[C@H](Cc1ccccc1)N(Cc1ccccc1Cl)C(=O)CN(c1ccccc1)S(=O)(=O)c1ccc(OC)c(OC)c1. The van der Waals surface area contributed by atoms with E-state index in [1.165, 1.54) is 37.3 Å². The Morgan fingerprint density at radius 1 is 0.851 bits per heavy atom. The topological polar surface area (TPSA) is 105 Å². The quantitative estimate of drug-likeness (QED) is 0.163. The summed E-state index contributed by atoms with van der Waals surface area (Å²) in [7, 11) is -1.46. The van der Waals surface area contributed by atoms with Gasteiger partial charge in [0.15, 0.2) is 11.5 Å². The van der Waals surface area contributed by atoms with Crippen molar-refractivity contribution in [3.05, 3.63) is 119 Å². The first-order valence-electron chi connectivity index (χ1n) is 15.3. The van der Waals surface area contributed by atoms with Crippen LogP contribution in [0.2, 0.25) is 5.02 Å². The molecule has 4 rings (SSSR count). The van der Waals surface area contributed by atoms with Crippen LogP contribution >= 0.6 is 11.6 Å². The van der Waals surface area contributed by atoms with E-state index in [2.05, 4.69) is 5.32 Å². The second-order valence-corrected chi connectivity index (χ2v) is 13.3. The Labute approximate surface area is 282 Å². The van der Waals surface area contributed by atoms with Crippen LogP contribution in [-0.4, -0.2) is 58.0 Å². The molecule has 11 heteroatoms. The van der Waals surface area contributed by atoms with Crippen molar-refractivity contribution in [3.63, 3.8) is 0 Å². The summed E-state index contributed by atoms with van der Waals surface area (Å²) in [5.41, 5.74) is 1.73. The van der Waals surface area contributed by atoms with Gasteiger partial charge in [-0.05, 0) is 54.8 Å². The van der Waals surface area contributed by atoms with Gasteiger partial charge in [-0.1, -0.05) is 85.3 Å². The van der Waals surface area contributed by atoms with Crippen molar-refractivity contribution in [1.29, 1.82) is 0 Å². The molecule has 2 amide bonds. The second kappa shape index (κ2) is 16.3. The lowest BCUT2D eigenvalue weighted by Gasteiger charge is -2.34. The molecule has 0 aliphatic carbocycles. The van der Waals surface area contributed by atoms with Crippen molar-refractivity contribution in [2.45, 2.75) is 50.2 Å². The maximum absolute atomic E-state index is 14.6. The van der Waals surface area contributed by atoms with Crippen molar-refractivity contribution in [1.82, 2.24) is 10.2 Å². The lowest BCUT2D eigenvalue weighted by molar-refractivity contribution is -0.140. The maximum Gasteiger partial charge on any atom is 0.264 e. The summed E-state index contributed by atoms with van der Waals surface area (Å²) in [6.45, 7) is 3.24. The summed E-state index contributed by atoms with van der Waals surface area (Å²) in [4.78, 5) is 29.9. The van der Waals surface area contributed by atoms with Gasteiger partial charge in [0.25, 0.3) is 10.0 Å². The number of benzene rings is 4. The van der Waals surface area contributed by atoms with E-state index in [-0.39, 0.29) is 41.2 Å². The molecule has 0 fully saturated rings. The third kappa shape index (κ3) is 8.84. The largest absolute Gasteiger partial charge is 0.493 e. The summed E-state index contributed by atoms with van der Waals surface area (Å²) in [5, 5.41) is 3.45. The molecule has 0 aliphatic rings. The average molecular weight is 678 g/mol. The number of anilines is 1. The zero-order valence-corrected chi connectivity index (χ0v) is 28.5. The molecule has 0 saturated carbocycles. The third-order valence-electron chi connectivity index (χ3n) is 7.84. The van der Waals surface area contributed by atoms with Crippen LogP contribution in [0.3, 0.4) is 0 Å². The molecular formula is C36H40ClN3O6S. The number of para-hydroxylation sites is 1. The molecule has 0 radical (unpaired) electrons. The van der Waals surface area contributed by atoms with Crippen LogP contribution in [0.15, 0.2) is 108 Å². The number of carbonyl (C=O) groups is 2. The first kappa shape index (κ1) is 35.3. The standard InChI is InChI=1S/C36H40ClN3O6S/c1-5-26(2)38-36(42)32(22-27-14-8-6-9-15-27)39(24-28-16-12-13-19-31(28)37)35(41)25-40(29-17-10-7-11-18-29)47(43,44)30-20-21-33(45-3)34(23-30)46-4/h6-21,23,26,32H,5,22,24-25H2,1-4H3,(H,38,42)/t26-,32+/m1/s1. The highest BCUT2D eigenvalue weighted by Crippen LogP contribution is 2.32. The van der Waals surface area contributed by atoms with Crippen LogP contribution in [-0.2, 0) is 32.6 Å². The number of halogens is 1. The van der Waals surface area contributed by atoms with E-state index in [9.17, 15) is 18.0 Å². The minimum atomic E-state index is -4.33. The minimum absolute atomic E-state index is 0.0248. The Hall–Kier alpha value is -4.54. The monoisotopic (exact) mass is 677 g/mol. The van der Waals surface area contributed by atoms with Crippen LogP contribution in [0.25, 0.3) is 0 Å². The fourth-order valence-electron chi connectivity index (χ4n) is 5.03. The number of methoxy groups -OCH3 is 2. The van der Waals surface area contributed by atoms with Crippen molar-refractivity contribution in [2.24, 2.45) is 0 Å². The Kier molecular flexibility index (Phi) is 12.3. The molecule has 2 atom stereocenters. The smallest absolute Gasteiger partial charge is 0.264 e. The van der Waals surface area contributed by atoms with E-state index in [0.29, 0.717) is 22.8 Å². The van der Waals surface area contributed by atoms with Gasteiger partial charge >= 0.3 is 0 Å². The maximum atomic E-state index is 14.6. The fraction of sp³-hybridized carbons (Fsp3) is 0.278. The molecule has 47 heavy (non-hydrogen) atoms. The van der Waals surface area contributed by atoms with E-state index in [4.69, 9.17) is 21.1 Å². The second-order valence-electron chi connectivity index (χ2n) is 11.0. The summed E-state index contributed by atoms with van der Waals surface area (Å²) < 4.78 is 40.3. The van der Waals surface area contributed by atoms with Gasteiger partial charge in [-0.25, -0.2) is 8.42 Å². The zero-order chi connectivity index (χ0) is 34.0. The molecule has 9 nitrogen and oxygen atoms in total. The van der Waals surface area contributed by atoms with Gasteiger partial charge in [0.2, 0.25) is 11.8 Å². The molecule has 0 heterocycles. The van der Waals surface area contributed by atoms with Gasteiger partial charge in [0.05, 0.1) is 24.8 Å². The molecule has 1 N–H and O–H groups in total. The first-order valence-corrected chi connectivity index (χ1v) is 17.1. The predicted octanol–water partition coefficient (Wildman–Crippen LogP) is 6.11. The summed E-state index contributed by atoms with van der Waals surface area (Å²) in [6.07, 6.45) is 0.890. The summed E-state index contributed by atoms with van der Waals surface area (Å²) in [6, 6.07) is 27.9. The highest BCUT2D eigenvalue weighted by Gasteiger charge is 2.35. The van der Waals surface area contributed by atoms with Gasteiger partial charge in [0, 0.05) is 30.1 Å². The highest BCUT2D eigenvalue weighted by molar-refractivity contribution is 7.92.